The molecule has 3 rings (SSSR count). The highest BCUT2D eigenvalue weighted by Crippen LogP contribution is 2.41. The van der Waals surface area contributed by atoms with Crippen LogP contribution < -0.4 is 5.32 Å². The van der Waals surface area contributed by atoms with Gasteiger partial charge in [-0.1, -0.05) is 6.42 Å². The van der Waals surface area contributed by atoms with Crippen molar-refractivity contribution in [2.45, 2.75) is 43.7 Å². The third kappa shape index (κ3) is 1.69. The summed E-state index contributed by atoms with van der Waals surface area (Å²) in [5.41, 5.74) is -0.529. The Morgan fingerprint density at radius 1 is 1.35 bits per heavy atom. The summed E-state index contributed by atoms with van der Waals surface area (Å²) in [5.74, 6) is 1.04. The molecule has 2 aliphatic heterocycles. The molecule has 2 heterocycles. The summed E-state index contributed by atoms with van der Waals surface area (Å²) in [6.45, 7) is 2.76. The van der Waals surface area contributed by atoms with Crippen LogP contribution in [0.1, 0.15) is 32.1 Å². The average Bonchev–Trinajstić information content (AvgIpc) is 2.71. The Labute approximate surface area is 103 Å². The summed E-state index contributed by atoms with van der Waals surface area (Å²) in [4.78, 5) is 14.7. The topological polar surface area (TPSA) is 41.6 Å². The Morgan fingerprint density at radius 3 is 2.76 bits per heavy atom. The van der Waals surface area contributed by atoms with E-state index in [1.165, 1.54) is 19.3 Å². The summed E-state index contributed by atoms with van der Waals surface area (Å²) >= 11 is 0. The molecule has 1 amide bonds. The van der Waals surface area contributed by atoms with Gasteiger partial charge in [-0.2, -0.15) is 0 Å². The number of carbonyl (C=O) groups is 1. The minimum absolute atomic E-state index is 0.254. The van der Waals surface area contributed by atoms with E-state index >= 15 is 0 Å². The summed E-state index contributed by atoms with van der Waals surface area (Å²) in [7, 11) is 1.69. The third-order valence-electron chi connectivity index (χ3n) is 4.90. The first-order valence-corrected chi connectivity index (χ1v) is 6.84. The zero-order chi connectivity index (χ0) is 11.9. The Morgan fingerprint density at radius 2 is 2.12 bits per heavy atom. The quantitative estimate of drug-likeness (QED) is 0.772. The van der Waals surface area contributed by atoms with E-state index in [1.54, 1.807) is 7.11 Å². The van der Waals surface area contributed by atoms with E-state index < -0.39 is 5.60 Å². The van der Waals surface area contributed by atoms with E-state index in [4.69, 9.17) is 4.74 Å². The molecule has 0 aromatic heterocycles. The maximum atomic E-state index is 12.6. The van der Waals surface area contributed by atoms with Crippen LogP contribution in [-0.2, 0) is 9.53 Å². The smallest absolute Gasteiger partial charge is 0.255 e. The highest BCUT2D eigenvalue weighted by atomic mass is 16.5. The van der Waals surface area contributed by atoms with Crippen LogP contribution in [0, 0.1) is 5.92 Å². The van der Waals surface area contributed by atoms with Crippen LogP contribution in [0.3, 0.4) is 0 Å². The van der Waals surface area contributed by atoms with Crippen LogP contribution >= 0.6 is 0 Å². The molecular formula is C13H22N2O2. The second-order valence-electron chi connectivity index (χ2n) is 5.66. The van der Waals surface area contributed by atoms with Gasteiger partial charge in [0.15, 0.2) is 0 Å². The van der Waals surface area contributed by atoms with Crippen molar-refractivity contribution in [2.24, 2.45) is 5.92 Å². The van der Waals surface area contributed by atoms with Gasteiger partial charge in [0.1, 0.15) is 5.60 Å². The van der Waals surface area contributed by atoms with Crippen molar-refractivity contribution in [1.82, 2.24) is 10.2 Å². The summed E-state index contributed by atoms with van der Waals surface area (Å²) in [6.07, 6.45) is 5.44. The van der Waals surface area contributed by atoms with Gasteiger partial charge in [0.2, 0.25) is 0 Å². The predicted octanol–water partition coefficient (Wildman–Crippen LogP) is 0.766. The molecule has 3 aliphatic rings. The Balaban J connectivity index is 1.71. The largest absolute Gasteiger partial charge is 0.368 e. The first kappa shape index (κ1) is 11.5. The van der Waals surface area contributed by atoms with Crippen molar-refractivity contribution in [1.29, 1.82) is 0 Å². The molecule has 17 heavy (non-hydrogen) atoms. The summed E-state index contributed by atoms with van der Waals surface area (Å²) < 4.78 is 5.61. The fourth-order valence-electron chi connectivity index (χ4n) is 3.72. The zero-order valence-corrected chi connectivity index (χ0v) is 10.6. The zero-order valence-electron chi connectivity index (χ0n) is 10.6. The second-order valence-corrected chi connectivity index (χ2v) is 5.66. The Bertz CT molecular complexity index is 313. The van der Waals surface area contributed by atoms with Crippen LogP contribution in [0.2, 0.25) is 0 Å². The lowest BCUT2D eigenvalue weighted by Crippen LogP contribution is -2.64. The molecule has 1 saturated carbocycles. The molecule has 0 aromatic rings. The first-order valence-electron chi connectivity index (χ1n) is 6.84. The van der Waals surface area contributed by atoms with Crippen LogP contribution in [0.15, 0.2) is 0 Å². The molecule has 2 atom stereocenters. The maximum absolute atomic E-state index is 12.6. The second kappa shape index (κ2) is 4.25. The van der Waals surface area contributed by atoms with E-state index in [1.807, 2.05) is 0 Å². The van der Waals surface area contributed by atoms with Gasteiger partial charge >= 0.3 is 0 Å². The molecular weight excluding hydrogens is 216 g/mol. The number of hydrogen-bond donors (Lipinski definition) is 1. The fraction of sp³-hybridized carbons (Fsp3) is 0.923. The van der Waals surface area contributed by atoms with Crippen molar-refractivity contribution in [3.63, 3.8) is 0 Å². The monoisotopic (exact) mass is 238 g/mol. The van der Waals surface area contributed by atoms with Gasteiger partial charge < -0.3 is 15.0 Å². The molecule has 3 fully saturated rings. The lowest BCUT2D eigenvalue weighted by molar-refractivity contribution is -0.169. The highest BCUT2D eigenvalue weighted by molar-refractivity contribution is 5.86. The lowest BCUT2D eigenvalue weighted by atomic mass is 9.85. The van der Waals surface area contributed by atoms with E-state index in [-0.39, 0.29) is 5.91 Å². The van der Waals surface area contributed by atoms with Gasteiger partial charge in [0.05, 0.1) is 0 Å². The highest BCUT2D eigenvalue weighted by Gasteiger charge is 2.51. The van der Waals surface area contributed by atoms with E-state index in [9.17, 15) is 4.79 Å². The number of fused-ring (bicyclic) bond motifs is 1. The van der Waals surface area contributed by atoms with Gasteiger partial charge in [-0.05, 0) is 44.7 Å². The number of nitrogens with zero attached hydrogens (tertiary/aromatic N) is 1. The predicted molar refractivity (Wildman–Crippen MR) is 64.7 cm³/mol. The van der Waals surface area contributed by atoms with Crippen molar-refractivity contribution in [3.05, 3.63) is 0 Å². The molecule has 1 aliphatic carbocycles. The van der Waals surface area contributed by atoms with E-state index in [0.29, 0.717) is 6.04 Å². The van der Waals surface area contributed by atoms with Crippen LogP contribution in [0.5, 0.6) is 0 Å². The fourth-order valence-corrected chi connectivity index (χ4v) is 3.72. The van der Waals surface area contributed by atoms with Gasteiger partial charge in [-0.15, -0.1) is 0 Å². The minimum Gasteiger partial charge on any atom is -0.368 e. The molecule has 2 saturated heterocycles. The number of nitrogens with one attached hydrogen (secondary N) is 1. The first-order chi connectivity index (χ1) is 8.27. The maximum Gasteiger partial charge on any atom is 0.255 e. The van der Waals surface area contributed by atoms with Crippen molar-refractivity contribution < 1.29 is 9.53 Å². The van der Waals surface area contributed by atoms with Crippen LogP contribution in [0.25, 0.3) is 0 Å². The van der Waals surface area contributed by atoms with Gasteiger partial charge in [0.25, 0.3) is 5.91 Å². The Hall–Kier alpha value is -0.610. The summed E-state index contributed by atoms with van der Waals surface area (Å²) in [5, 5.41) is 3.30. The number of ether oxygens (including phenoxy) is 1. The number of likely N-dealkylation sites (tertiary alicyclic amines) is 1. The molecule has 0 radical (unpaired) electrons. The van der Waals surface area contributed by atoms with Crippen LogP contribution in [-0.4, -0.2) is 49.2 Å². The van der Waals surface area contributed by atoms with Gasteiger partial charge in [-0.3, -0.25) is 4.79 Å². The molecule has 0 aromatic carbocycles. The van der Waals surface area contributed by atoms with E-state index in [2.05, 4.69) is 10.2 Å². The molecule has 4 heteroatoms. The number of amides is 1. The third-order valence-corrected chi connectivity index (χ3v) is 4.90. The molecule has 0 unspecified atom stereocenters. The van der Waals surface area contributed by atoms with Gasteiger partial charge in [-0.25, -0.2) is 0 Å². The molecule has 96 valence electrons. The summed E-state index contributed by atoms with van der Waals surface area (Å²) in [6, 6.07) is 0.532. The number of hydrogen-bond acceptors (Lipinski definition) is 3. The number of carbonyl (C=O) groups excluding carboxylic acids is 1. The SMILES string of the molecule is COC1(C(=O)N2C[C@@H]3CCC[C@@H]32)CCNCC1. The molecule has 4 nitrogen and oxygen atoms in total. The van der Waals surface area contributed by atoms with Crippen molar-refractivity contribution in [2.75, 3.05) is 26.7 Å². The number of rotatable bonds is 2. The van der Waals surface area contributed by atoms with Crippen molar-refractivity contribution in [3.8, 4) is 0 Å². The number of methoxy groups -OCH3 is 1. The minimum atomic E-state index is -0.529. The normalized spacial score (nSPS) is 35.2. The lowest BCUT2D eigenvalue weighted by Gasteiger charge is -2.49. The van der Waals surface area contributed by atoms with Crippen molar-refractivity contribution >= 4 is 5.91 Å². The van der Waals surface area contributed by atoms with E-state index in [0.717, 1.165) is 38.4 Å². The molecule has 1 N–H and O–H groups in total. The van der Waals surface area contributed by atoms with Gasteiger partial charge in [0, 0.05) is 19.7 Å². The molecule has 0 bridgehead atoms. The average molecular weight is 238 g/mol. The Kier molecular flexibility index (Phi) is 2.87. The number of piperidine rings is 1. The molecule has 0 spiro atoms. The van der Waals surface area contributed by atoms with Crippen LogP contribution in [0.4, 0.5) is 0 Å². The standard InChI is InChI=1S/C13H22N2O2/c1-17-13(5-7-14-8-6-13)12(16)15-9-10-3-2-4-11(10)15/h10-11,14H,2-9H2,1H3/t10-,11-/m0/s1.